The largest absolute Gasteiger partial charge is 0.352 e. The van der Waals surface area contributed by atoms with Crippen LogP contribution in [0.25, 0.3) is 0 Å². The molecule has 2 rings (SSSR count). The van der Waals surface area contributed by atoms with Crippen molar-refractivity contribution in [1.82, 2.24) is 15.6 Å². The monoisotopic (exact) mass is 281 g/mol. The number of halogens is 3. The van der Waals surface area contributed by atoms with Gasteiger partial charge < -0.3 is 10.6 Å². The van der Waals surface area contributed by atoms with Gasteiger partial charge in [0.15, 0.2) is 5.82 Å². The first-order valence-electron chi connectivity index (χ1n) is 4.86. The van der Waals surface area contributed by atoms with E-state index in [1.54, 1.807) is 0 Å². The molecule has 0 atom stereocenters. The first-order chi connectivity index (χ1) is 7.27. The number of aromatic nitrogens is 1. The van der Waals surface area contributed by atoms with Gasteiger partial charge in [0.2, 0.25) is 0 Å². The fraction of sp³-hybridized carbons (Fsp3) is 0.400. The lowest BCUT2D eigenvalue weighted by Crippen LogP contribution is -2.48. The molecule has 2 N–H and O–H groups in total. The molecule has 0 bridgehead atoms. The third-order valence-corrected chi connectivity index (χ3v) is 2.43. The van der Waals surface area contributed by atoms with Crippen molar-refractivity contribution in [3.05, 3.63) is 29.8 Å². The normalized spacial score (nSPS) is 13.9. The molecular weight excluding hydrogens is 268 g/mol. The summed E-state index contributed by atoms with van der Waals surface area (Å²) >= 11 is 0. The minimum atomic E-state index is -0.582. The van der Waals surface area contributed by atoms with E-state index in [0.29, 0.717) is 12.5 Å². The van der Waals surface area contributed by atoms with E-state index >= 15 is 0 Å². The Balaban J connectivity index is 0.00000128. The van der Waals surface area contributed by atoms with Gasteiger partial charge >= 0.3 is 0 Å². The predicted octanol–water partition coefficient (Wildman–Crippen LogP) is 1.01. The van der Waals surface area contributed by atoms with Crippen LogP contribution in [0.3, 0.4) is 0 Å². The number of rotatable bonds is 3. The second kappa shape index (κ2) is 7.42. The minimum absolute atomic E-state index is 0. The van der Waals surface area contributed by atoms with Crippen molar-refractivity contribution < 1.29 is 9.18 Å². The number of pyridine rings is 1. The highest BCUT2D eigenvalue weighted by Crippen LogP contribution is 2.05. The van der Waals surface area contributed by atoms with Gasteiger partial charge in [-0.3, -0.25) is 9.78 Å². The average molecular weight is 282 g/mol. The zero-order valence-corrected chi connectivity index (χ0v) is 10.6. The standard InChI is InChI=1S/C10H12FN3O.2ClH/c11-9-6-12-2-1-8(9)10(15)14-5-7-3-13-4-7;;/h1-2,6-7,13H,3-5H2,(H,14,15);2*1H. The summed E-state index contributed by atoms with van der Waals surface area (Å²) in [7, 11) is 0. The second-order valence-corrected chi connectivity index (χ2v) is 3.59. The lowest BCUT2D eigenvalue weighted by atomic mass is 10.0. The molecule has 4 nitrogen and oxygen atoms in total. The molecule has 0 spiro atoms. The maximum atomic E-state index is 13.1. The van der Waals surface area contributed by atoms with Crippen molar-refractivity contribution in [2.24, 2.45) is 5.92 Å². The molecule has 1 aliphatic rings. The third-order valence-electron chi connectivity index (χ3n) is 2.43. The second-order valence-electron chi connectivity index (χ2n) is 3.59. The minimum Gasteiger partial charge on any atom is -0.352 e. The summed E-state index contributed by atoms with van der Waals surface area (Å²) in [5, 5.41) is 5.80. The molecular formula is C10H14Cl2FN3O. The van der Waals surface area contributed by atoms with Gasteiger partial charge in [-0.15, -0.1) is 24.8 Å². The zero-order chi connectivity index (χ0) is 10.7. The van der Waals surface area contributed by atoms with Crippen LogP contribution in [0.15, 0.2) is 18.5 Å². The van der Waals surface area contributed by atoms with E-state index in [1.165, 1.54) is 12.3 Å². The van der Waals surface area contributed by atoms with Gasteiger partial charge in [0.05, 0.1) is 11.8 Å². The van der Waals surface area contributed by atoms with Crippen molar-refractivity contribution in [2.75, 3.05) is 19.6 Å². The molecule has 1 aromatic heterocycles. The van der Waals surface area contributed by atoms with Crippen molar-refractivity contribution in [2.45, 2.75) is 0 Å². The molecule has 0 radical (unpaired) electrons. The Kier molecular flexibility index (Phi) is 7.03. The van der Waals surface area contributed by atoms with Crippen LogP contribution in [0.5, 0.6) is 0 Å². The van der Waals surface area contributed by atoms with E-state index < -0.39 is 5.82 Å². The summed E-state index contributed by atoms with van der Waals surface area (Å²) in [6, 6.07) is 1.38. The van der Waals surface area contributed by atoms with Crippen LogP contribution in [-0.4, -0.2) is 30.5 Å². The molecule has 1 saturated heterocycles. The van der Waals surface area contributed by atoms with Gasteiger partial charge in [-0.05, 0) is 6.07 Å². The molecule has 0 unspecified atom stereocenters. The predicted molar refractivity (Wildman–Crippen MR) is 67.4 cm³/mol. The highest BCUT2D eigenvalue weighted by atomic mass is 35.5. The topological polar surface area (TPSA) is 54.0 Å². The van der Waals surface area contributed by atoms with Crippen molar-refractivity contribution in [3.8, 4) is 0 Å². The Morgan fingerprint density at radius 3 is 2.76 bits per heavy atom. The summed E-state index contributed by atoms with van der Waals surface area (Å²) in [5.74, 6) is -0.484. The number of amides is 1. The molecule has 0 saturated carbocycles. The van der Waals surface area contributed by atoms with Crippen LogP contribution in [-0.2, 0) is 0 Å². The maximum Gasteiger partial charge on any atom is 0.254 e. The molecule has 1 fully saturated rings. The van der Waals surface area contributed by atoms with Crippen LogP contribution in [0, 0.1) is 11.7 Å². The molecule has 0 aromatic carbocycles. The van der Waals surface area contributed by atoms with Crippen molar-refractivity contribution in [1.29, 1.82) is 0 Å². The molecule has 17 heavy (non-hydrogen) atoms. The number of nitrogens with zero attached hydrogens (tertiary/aromatic N) is 1. The van der Waals surface area contributed by atoms with Gasteiger partial charge in [0, 0.05) is 31.7 Å². The molecule has 2 heterocycles. The molecule has 1 amide bonds. The quantitative estimate of drug-likeness (QED) is 0.870. The number of carbonyl (C=O) groups excluding carboxylic acids is 1. The Morgan fingerprint density at radius 1 is 1.53 bits per heavy atom. The maximum absolute atomic E-state index is 13.1. The highest BCUT2D eigenvalue weighted by Gasteiger charge is 2.18. The molecule has 1 aliphatic heterocycles. The number of hydrogen-bond acceptors (Lipinski definition) is 3. The number of nitrogens with one attached hydrogen (secondary N) is 2. The number of carbonyl (C=O) groups is 1. The van der Waals surface area contributed by atoms with Crippen LogP contribution >= 0.6 is 24.8 Å². The van der Waals surface area contributed by atoms with E-state index in [4.69, 9.17) is 0 Å². The molecule has 7 heteroatoms. The summed E-state index contributed by atoms with van der Waals surface area (Å²) in [4.78, 5) is 15.1. The summed E-state index contributed by atoms with van der Waals surface area (Å²) < 4.78 is 13.1. The van der Waals surface area contributed by atoms with E-state index in [0.717, 1.165) is 19.3 Å². The van der Waals surface area contributed by atoms with E-state index in [2.05, 4.69) is 15.6 Å². The highest BCUT2D eigenvalue weighted by molar-refractivity contribution is 5.94. The lowest BCUT2D eigenvalue weighted by Gasteiger charge is -2.27. The summed E-state index contributed by atoms with van der Waals surface area (Å²) in [6.07, 6.45) is 2.45. The van der Waals surface area contributed by atoms with Gasteiger partial charge in [-0.2, -0.15) is 0 Å². The Hall–Kier alpha value is -0.910. The van der Waals surface area contributed by atoms with Crippen LogP contribution in [0.2, 0.25) is 0 Å². The van der Waals surface area contributed by atoms with Crippen LogP contribution in [0.4, 0.5) is 4.39 Å². The first kappa shape index (κ1) is 16.1. The van der Waals surface area contributed by atoms with E-state index in [-0.39, 0.29) is 36.3 Å². The molecule has 96 valence electrons. The SMILES string of the molecule is Cl.Cl.O=C(NCC1CNC1)c1ccncc1F. The Bertz CT molecular complexity index is 374. The Morgan fingerprint density at radius 2 is 2.24 bits per heavy atom. The third kappa shape index (κ3) is 4.11. The summed E-state index contributed by atoms with van der Waals surface area (Å²) in [6.45, 7) is 2.42. The number of hydrogen-bond donors (Lipinski definition) is 2. The van der Waals surface area contributed by atoms with E-state index in [9.17, 15) is 9.18 Å². The van der Waals surface area contributed by atoms with Gasteiger partial charge in [0.1, 0.15) is 0 Å². The van der Waals surface area contributed by atoms with Crippen molar-refractivity contribution >= 4 is 30.7 Å². The lowest BCUT2D eigenvalue weighted by molar-refractivity contribution is 0.0938. The molecule has 1 aromatic rings. The van der Waals surface area contributed by atoms with Crippen LogP contribution < -0.4 is 10.6 Å². The fourth-order valence-electron chi connectivity index (χ4n) is 1.38. The average Bonchev–Trinajstić information content (AvgIpc) is 2.16. The first-order valence-corrected chi connectivity index (χ1v) is 4.86. The van der Waals surface area contributed by atoms with Gasteiger partial charge in [0.25, 0.3) is 5.91 Å². The smallest absolute Gasteiger partial charge is 0.254 e. The zero-order valence-electron chi connectivity index (χ0n) is 8.98. The van der Waals surface area contributed by atoms with E-state index in [1.807, 2.05) is 0 Å². The summed E-state index contributed by atoms with van der Waals surface area (Å²) in [5.41, 5.74) is 0.0530. The van der Waals surface area contributed by atoms with Crippen molar-refractivity contribution in [3.63, 3.8) is 0 Å². The molecule has 0 aliphatic carbocycles. The Labute approximate surface area is 111 Å². The fourth-order valence-corrected chi connectivity index (χ4v) is 1.38. The van der Waals surface area contributed by atoms with Gasteiger partial charge in [-0.25, -0.2) is 4.39 Å². The van der Waals surface area contributed by atoms with Gasteiger partial charge in [-0.1, -0.05) is 0 Å². The van der Waals surface area contributed by atoms with Crippen LogP contribution in [0.1, 0.15) is 10.4 Å².